The first-order chi connectivity index (χ1) is 7.46. The Morgan fingerprint density at radius 2 is 1.88 bits per heavy atom. The average Bonchev–Trinajstić information content (AvgIpc) is 2.62. The Balaban J connectivity index is 2.60. The molecule has 1 aromatic rings. The Labute approximate surface area is 101 Å². The minimum atomic E-state index is -0.940. The quantitative estimate of drug-likeness (QED) is 0.781. The molecule has 1 aromatic carbocycles. The number of phenols is 1. The molecule has 2 nitrogen and oxygen atoms in total. The summed E-state index contributed by atoms with van der Waals surface area (Å²) >= 11 is 2.89. The highest BCUT2D eigenvalue weighted by Crippen LogP contribution is 2.42. The molecular formula is C11H12BrF2NO. The highest BCUT2D eigenvalue weighted by molar-refractivity contribution is 9.10. The first kappa shape index (κ1) is 11.8. The van der Waals surface area contributed by atoms with Crippen LogP contribution in [0.5, 0.6) is 5.75 Å². The molecule has 0 atom stereocenters. The van der Waals surface area contributed by atoms with Crippen LogP contribution in [-0.4, -0.2) is 5.11 Å². The van der Waals surface area contributed by atoms with E-state index in [1.807, 2.05) is 0 Å². The number of hydrogen-bond donors (Lipinski definition) is 2. The number of rotatable bonds is 1. The summed E-state index contributed by atoms with van der Waals surface area (Å²) in [6.45, 7) is 0. The summed E-state index contributed by atoms with van der Waals surface area (Å²) in [5.74, 6) is -2.01. The van der Waals surface area contributed by atoms with Crippen molar-refractivity contribution in [1.82, 2.24) is 0 Å². The van der Waals surface area contributed by atoms with Gasteiger partial charge < -0.3 is 10.8 Å². The van der Waals surface area contributed by atoms with Gasteiger partial charge in [0.15, 0.2) is 0 Å². The van der Waals surface area contributed by atoms with Crippen molar-refractivity contribution in [2.45, 2.75) is 31.2 Å². The van der Waals surface area contributed by atoms with E-state index in [-0.39, 0.29) is 10.0 Å². The Morgan fingerprint density at radius 3 is 2.44 bits per heavy atom. The van der Waals surface area contributed by atoms with Gasteiger partial charge in [-0.05, 0) is 28.8 Å². The fraction of sp³-hybridized carbons (Fsp3) is 0.455. The van der Waals surface area contributed by atoms with Crippen molar-refractivity contribution in [3.63, 3.8) is 0 Å². The van der Waals surface area contributed by atoms with E-state index in [0.29, 0.717) is 12.8 Å². The highest BCUT2D eigenvalue weighted by atomic mass is 79.9. The molecule has 0 spiro atoms. The summed E-state index contributed by atoms with van der Waals surface area (Å²) in [4.78, 5) is 0. The number of aromatic hydroxyl groups is 1. The number of halogens is 3. The second kappa shape index (κ2) is 3.96. The largest absolute Gasteiger partial charge is 0.507 e. The van der Waals surface area contributed by atoms with Crippen molar-refractivity contribution >= 4 is 15.9 Å². The van der Waals surface area contributed by atoms with Gasteiger partial charge in [-0.3, -0.25) is 0 Å². The second-order valence-corrected chi connectivity index (χ2v) is 5.04. The smallest absolute Gasteiger partial charge is 0.149 e. The second-order valence-electron chi connectivity index (χ2n) is 4.24. The summed E-state index contributed by atoms with van der Waals surface area (Å²) in [5, 5.41) is 9.26. The lowest BCUT2D eigenvalue weighted by molar-refractivity contribution is 0.392. The van der Waals surface area contributed by atoms with Crippen LogP contribution >= 0.6 is 15.9 Å². The summed E-state index contributed by atoms with van der Waals surface area (Å²) < 4.78 is 27.5. The zero-order chi connectivity index (χ0) is 11.9. The lowest BCUT2D eigenvalue weighted by atomic mass is 9.88. The standard InChI is InChI=1S/C11H12BrF2NO/c12-9-7(16)5-6(13)8(10(9)14)11(15)3-1-2-4-11/h5,16H,1-4,15H2. The van der Waals surface area contributed by atoms with Crippen LogP contribution in [0.4, 0.5) is 8.78 Å². The molecular weight excluding hydrogens is 280 g/mol. The van der Waals surface area contributed by atoms with Gasteiger partial charge in [0.25, 0.3) is 0 Å². The number of benzene rings is 1. The molecule has 1 saturated carbocycles. The number of nitrogens with two attached hydrogens (primary N) is 1. The molecule has 0 amide bonds. The first-order valence-electron chi connectivity index (χ1n) is 5.11. The SMILES string of the molecule is NC1(c2c(F)cc(O)c(Br)c2F)CCCC1. The maximum Gasteiger partial charge on any atom is 0.149 e. The van der Waals surface area contributed by atoms with Gasteiger partial charge in [0.2, 0.25) is 0 Å². The zero-order valence-corrected chi connectivity index (χ0v) is 10.2. The number of hydrogen-bond acceptors (Lipinski definition) is 2. The molecule has 2 rings (SSSR count). The average molecular weight is 292 g/mol. The van der Waals surface area contributed by atoms with Crippen LogP contribution in [0.25, 0.3) is 0 Å². The van der Waals surface area contributed by atoms with Crippen molar-refractivity contribution < 1.29 is 13.9 Å². The maximum absolute atomic E-state index is 13.9. The van der Waals surface area contributed by atoms with Crippen LogP contribution in [0.15, 0.2) is 10.5 Å². The van der Waals surface area contributed by atoms with Crippen LogP contribution in [0.1, 0.15) is 31.2 Å². The van der Waals surface area contributed by atoms with Crippen LogP contribution < -0.4 is 5.73 Å². The van der Waals surface area contributed by atoms with Gasteiger partial charge in [-0.15, -0.1) is 0 Å². The predicted octanol–water partition coefficient (Wildman–Crippen LogP) is 3.16. The summed E-state index contributed by atoms with van der Waals surface area (Å²) in [5.41, 5.74) is 4.96. The number of phenolic OH excluding ortho intramolecular Hbond substituents is 1. The van der Waals surface area contributed by atoms with E-state index in [0.717, 1.165) is 18.9 Å². The Kier molecular flexibility index (Phi) is 2.92. The van der Waals surface area contributed by atoms with Crippen LogP contribution in [0, 0.1) is 11.6 Å². The third-order valence-corrected chi connectivity index (χ3v) is 3.89. The van der Waals surface area contributed by atoms with Crippen molar-refractivity contribution in [3.05, 3.63) is 27.7 Å². The minimum Gasteiger partial charge on any atom is -0.507 e. The molecule has 0 heterocycles. The van der Waals surface area contributed by atoms with E-state index in [4.69, 9.17) is 5.73 Å². The molecule has 0 unspecified atom stereocenters. The van der Waals surface area contributed by atoms with Gasteiger partial charge in [-0.1, -0.05) is 12.8 Å². The molecule has 5 heteroatoms. The van der Waals surface area contributed by atoms with Crippen molar-refractivity contribution in [1.29, 1.82) is 0 Å². The third-order valence-electron chi connectivity index (χ3n) is 3.13. The van der Waals surface area contributed by atoms with Gasteiger partial charge >= 0.3 is 0 Å². The van der Waals surface area contributed by atoms with Gasteiger partial charge in [-0.2, -0.15) is 0 Å². The Morgan fingerprint density at radius 1 is 1.31 bits per heavy atom. The normalized spacial score (nSPS) is 19.0. The van der Waals surface area contributed by atoms with Crippen molar-refractivity contribution in [2.75, 3.05) is 0 Å². The van der Waals surface area contributed by atoms with Gasteiger partial charge in [-0.25, -0.2) is 8.78 Å². The molecule has 88 valence electrons. The molecule has 3 N–H and O–H groups in total. The van der Waals surface area contributed by atoms with E-state index >= 15 is 0 Å². The summed E-state index contributed by atoms with van der Waals surface area (Å²) in [6, 6.07) is 0.898. The fourth-order valence-corrected chi connectivity index (χ4v) is 2.61. The first-order valence-corrected chi connectivity index (χ1v) is 5.91. The molecule has 16 heavy (non-hydrogen) atoms. The molecule has 1 fully saturated rings. The molecule has 1 aliphatic rings. The topological polar surface area (TPSA) is 46.2 Å². The van der Waals surface area contributed by atoms with Crippen LogP contribution in [-0.2, 0) is 5.54 Å². The van der Waals surface area contributed by atoms with Crippen molar-refractivity contribution in [3.8, 4) is 5.75 Å². The van der Waals surface area contributed by atoms with Crippen LogP contribution in [0.3, 0.4) is 0 Å². The maximum atomic E-state index is 13.9. The summed E-state index contributed by atoms with van der Waals surface area (Å²) in [6.07, 6.45) is 2.87. The minimum absolute atomic E-state index is 0.116. The fourth-order valence-electron chi connectivity index (χ4n) is 2.29. The zero-order valence-electron chi connectivity index (χ0n) is 8.56. The molecule has 1 aliphatic carbocycles. The van der Waals surface area contributed by atoms with E-state index < -0.39 is 22.9 Å². The third kappa shape index (κ3) is 1.72. The van der Waals surface area contributed by atoms with E-state index in [1.54, 1.807) is 0 Å². The molecule has 0 aliphatic heterocycles. The Bertz CT molecular complexity index is 430. The van der Waals surface area contributed by atoms with E-state index in [9.17, 15) is 13.9 Å². The van der Waals surface area contributed by atoms with Gasteiger partial charge in [0.05, 0.1) is 4.47 Å². The Hall–Kier alpha value is -0.680. The molecule has 0 radical (unpaired) electrons. The molecule has 0 saturated heterocycles. The lowest BCUT2D eigenvalue weighted by Crippen LogP contribution is -2.35. The van der Waals surface area contributed by atoms with E-state index in [1.165, 1.54) is 0 Å². The van der Waals surface area contributed by atoms with Crippen LogP contribution in [0.2, 0.25) is 0 Å². The van der Waals surface area contributed by atoms with Crippen molar-refractivity contribution in [2.24, 2.45) is 5.73 Å². The van der Waals surface area contributed by atoms with E-state index in [2.05, 4.69) is 15.9 Å². The molecule has 0 bridgehead atoms. The lowest BCUT2D eigenvalue weighted by Gasteiger charge is -2.25. The van der Waals surface area contributed by atoms with Gasteiger partial charge in [0, 0.05) is 17.2 Å². The summed E-state index contributed by atoms with van der Waals surface area (Å²) in [7, 11) is 0. The highest BCUT2D eigenvalue weighted by Gasteiger charge is 2.37. The molecule has 0 aromatic heterocycles. The predicted molar refractivity (Wildman–Crippen MR) is 60.1 cm³/mol. The monoisotopic (exact) mass is 291 g/mol. The van der Waals surface area contributed by atoms with Gasteiger partial charge in [0.1, 0.15) is 17.4 Å².